The maximum Gasteiger partial charge on any atom is 0.305 e. The Kier molecular flexibility index (Phi) is 16.4. The third-order valence-corrected chi connectivity index (χ3v) is 6.04. The number of methoxy groups -OCH3 is 1. The number of carbonyl (C=O) groups excluding carboxylic acids is 1. The molecule has 1 N–H and O–H groups in total. The molecule has 172 valence electrons. The molecule has 3 heteroatoms. The fourth-order valence-corrected chi connectivity index (χ4v) is 3.96. The van der Waals surface area contributed by atoms with E-state index < -0.39 is 0 Å². The molecule has 0 bridgehead atoms. The van der Waals surface area contributed by atoms with E-state index in [1.165, 1.54) is 96.1 Å². The zero-order chi connectivity index (χ0) is 21.9. The topological polar surface area (TPSA) is 46.5 Å². The molecule has 0 aliphatic carbocycles. The summed E-state index contributed by atoms with van der Waals surface area (Å²) in [7, 11) is 1.46. The van der Waals surface area contributed by atoms with Gasteiger partial charge in [-0.05, 0) is 37.3 Å². The summed E-state index contributed by atoms with van der Waals surface area (Å²) in [6.45, 7) is 1.81. The SMILES string of the molecule is COC(=O)CCCCCCCCCCCCCCCCCc1ccc(C(C)O)cc1. The van der Waals surface area contributed by atoms with Crippen molar-refractivity contribution >= 4 is 5.97 Å². The summed E-state index contributed by atoms with van der Waals surface area (Å²) in [4.78, 5) is 11.0. The normalized spacial score (nSPS) is 12.1. The molecule has 0 aliphatic heterocycles. The highest BCUT2D eigenvalue weighted by atomic mass is 16.5. The first-order valence-corrected chi connectivity index (χ1v) is 12.5. The summed E-state index contributed by atoms with van der Waals surface area (Å²) in [6, 6.07) is 8.42. The van der Waals surface area contributed by atoms with Crippen LogP contribution in [0, 0.1) is 0 Å². The zero-order valence-electron chi connectivity index (χ0n) is 19.7. The van der Waals surface area contributed by atoms with Gasteiger partial charge in [-0.3, -0.25) is 4.79 Å². The molecule has 0 fully saturated rings. The van der Waals surface area contributed by atoms with E-state index >= 15 is 0 Å². The van der Waals surface area contributed by atoms with Gasteiger partial charge in [-0.25, -0.2) is 0 Å². The molecule has 0 spiro atoms. The lowest BCUT2D eigenvalue weighted by Gasteiger charge is -2.06. The Morgan fingerprint density at radius 2 is 1.13 bits per heavy atom. The highest BCUT2D eigenvalue weighted by Crippen LogP contribution is 2.16. The van der Waals surface area contributed by atoms with Crippen LogP contribution in [0.5, 0.6) is 0 Å². The first kappa shape index (κ1) is 26.7. The van der Waals surface area contributed by atoms with Gasteiger partial charge in [0.1, 0.15) is 0 Å². The standard InChI is InChI=1S/C27H46O3/c1-24(28)26-22-20-25(21-23-26)18-16-14-12-10-8-6-4-3-5-7-9-11-13-15-17-19-27(29)30-2/h20-24,28H,3-19H2,1-2H3. The average Bonchev–Trinajstić information content (AvgIpc) is 2.75. The van der Waals surface area contributed by atoms with Gasteiger partial charge < -0.3 is 9.84 Å². The fraction of sp³-hybridized carbons (Fsp3) is 0.741. The Balaban J connectivity index is 1.78. The number of aryl methyl sites for hydroxylation is 1. The van der Waals surface area contributed by atoms with Crippen molar-refractivity contribution < 1.29 is 14.6 Å². The first-order valence-electron chi connectivity index (χ1n) is 12.5. The molecule has 30 heavy (non-hydrogen) atoms. The second-order valence-corrected chi connectivity index (χ2v) is 8.80. The average molecular weight is 419 g/mol. The maximum atomic E-state index is 11.0. The smallest absolute Gasteiger partial charge is 0.305 e. The molecule has 1 aromatic rings. The Morgan fingerprint density at radius 3 is 1.53 bits per heavy atom. The van der Waals surface area contributed by atoms with Gasteiger partial charge in [0, 0.05) is 6.42 Å². The van der Waals surface area contributed by atoms with Crippen molar-refractivity contribution in [3.63, 3.8) is 0 Å². The summed E-state index contributed by atoms with van der Waals surface area (Å²) in [5.74, 6) is -0.0742. The zero-order valence-corrected chi connectivity index (χ0v) is 19.7. The second-order valence-electron chi connectivity index (χ2n) is 8.80. The van der Waals surface area contributed by atoms with E-state index in [-0.39, 0.29) is 12.1 Å². The largest absolute Gasteiger partial charge is 0.469 e. The van der Waals surface area contributed by atoms with Crippen LogP contribution in [0.1, 0.15) is 127 Å². The molecule has 0 aromatic heterocycles. The summed E-state index contributed by atoms with van der Waals surface area (Å²) in [5, 5.41) is 9.55. The number of rotatable bonds is 19. The molecule has 1 rings (SSSR count). The van der Waals surface area contributed by atoms with Crippen molar-refractivity contribution in [1.29, 1.82) is 0 Å². The Hall–Kier alpha value is -1.35. The van der Waals surface area contributed by atoms with Gasteiger partial charge in [0.25, 0.3) is 0 Å². The number of aliphatic hydroxyl groups is 1. The summed E-state index contributed by atoms with van der Waals surface area (Å²) in [6.07, 6.45) is 21.1. The van der Waals surface area contributed by atoms with Crippen LogP contribution in [-0.4, -0.2) is 18.2 Å². The van der Waals surface area contributed by atoms with E-state index in [1.54, 1.807) is 0 Å². The molecule has 0 amide bonds. The summed E-state index contributed by atoms with van der Waals surface area (Å²) < 4.78 is 4.65. The van der Waals surface area contributed by atoms with Crippen molar-refractivity contribution in [2.75, 3.05) is 7.11 Å². The molecule has 1 atom stereocenters. The van der Waals surface area contributed by atoms with E-state index in [2.05, 4.69) is 16.9 Å². The van der Waals surface area contributed by atoms with Crippen LogP contribution in [0.25, 0.3) is 0 Å². The monoisotopic (exact) mass is 418 g/mol. The van der Waals surface area contributed by atoms with Crippen molar-refractivity contribution in [3.05, 3.63) is 35.4 Å². The molecule has 0 saturated carbocycles. The number of esters is 1. The van der Waals surface area contributed by atoms with E-state index in [1.807, 2.05) is 19.1 Å². The Morgan fingerprint density at radius 1 is 0.733 bits per heavy atom. The number of hydrogen-bond donors (Lipinski definition) is 1. The van der Waals surface area contributed by atoms with Gasteiger partial charge in [0.05, 0.1) is 13.2 Å². The summed E-state index contributed by atoms with van der Waals surface area (Å²) in [5.41, 5.74) is 2.40. The lowest BCUT2D eigenvalue weighted by Crippen LogP contribution is -1.99. The number of hydrogen-bond acceptors (Lipinski definition) is 3. The van der Waals surface area contributed by atoms with Gasteiger partial charge in [0.2, 0.25) is 0 Å². The number of aliphatic hydroxyl groups excluding tert-OH is 1. The number of benzene rings is 1. The minimum Gasteiger partial charge on any atom is -0.469 e. The third-order valence-electron chi connectivity index (χ3n) is 6.04. The third kappa shape index (κ3) is 14.6. The highest BCUT2D eigenvalue weighted by molar-refractivity contribution is 5.68. The van der Waals surface area contributed by atoms with Gasteiger partial charge in [-0.15, -0.1) is 0 Å². The number of unbranched alkanes of at least 4 members (excludes halogenated alkanes) is 14. The molecule has 3 nitrogen and oxygen atoms in total. The fourth-order valence-electron chi connectivity index (χ4n) is 3.96. The lowest BCUT2D eigenvalue weighted by molar-refractivity contribution is -0.140. The van der Waals surface area contributed by atoms with Crippen molar-refractivity contribution in [1.82, 2.24) is 0 Å². The van der Waals surface area contributed by atoms with Crippen molar-refractivity contribution in [2.45, 2.75) is 122 Å². The lowest BCUT2D eigenvalue weighted by atomic mass is 10.0. The number of carbonyl (C=O) groups is 1. The van der Waals surface area contributed by atoms with Gasteiger partial charge >= 0.3 is 5.97 Å². The van der Waals surface area contributed by atoms with E-state index in [4.69, 9.17) is 0 Å². The van der Waals surface area contributed by atoms with Crippen LogP contribution in [0.3, 0.4) is 0 Å². The van der Waals surface area contributed by atoms with Crippen molar-refractivity contribution in [3.8, 4) is 0 Å². The first-order chi connectivity index (χ1) is 14.6. The molecular formula is C27H46O3. The molecule has 0 radical (unpaired) electrons. The quantitative estimate of drug-likeness (QED) is 0.185. The van der Waals surface area contributed by atoms with Gasteiger partial charge in [0.15, 0.2) is 0 Å². The van der Waals surface area contributed by atoms with E-state index in [0.717, 1.165) is 24.8 Å². The van der Waals surface area contributed by atoms with Crippen LogP contribution in [0.15, 0.2) is 24.3 Å². The summed E-state index contributed by atoms with van der Waals surface area (Å²) >= 11 is 0. The second kappa shape index (κ2) is 18.4. The number of ether oxygens (including phenoxy) is 1. The predicted molar refractivity (Wildman–Crippen MR) is 127 cm³/mol. The predicted octanol–water partition coefficient (Wildman–Crippen LogP) is 7.70. The minimum absolute atomic E-state index is 0.0742. The van der Waals surface area contributed by atoms with Crippen LogP contribution in [0.2, 0.25) is 0 Å². The molecule has 0 heterocycles. The van der Waals surface area contributed by atoms with Gasteiger partial charge in [-0.1, -0.05) is 108 Å². The van der Waals surface area contributed by atoms with Gasteiger partial charge in [-0.2, -0.15) is 0 Å². The van der Waals surface area contributed by atoms with Crippen LogP contribution < -0.4 is 0 Å². The maximum absolute atomic E-state index is 11.0. The highest BCUT2D eigenvalue weighted by Gasteiger charge is 2.01. The molecule has 1 aromatic carbocycles. The molecular weight excluding hydrogens is 372 g/mol. The van der Waals surface area contributed by atoms with Crippen LogP contribution in [-0.2, 0) is 16.0 Å². The minimum atomic E-state index is -0.366. The Bertz CT molecular complexity index is 521. The van der Waals surface area contributed by atoms with E-state index in [9.17, 15) is 9.90 Å². The molecule has 0 aliphatic rings. The van der Waals surface area contributed by atoms with E-state index in [0.29, 0.717) is 6.42 Å². The molecule has 0 saturated heterocycles. The van der Waals surface area contributed by atoms with Crippen LogP contribution >= 0.6 is 0 Å². The Labute approximate surface area is 185 Å². The molecule has 1 unspecified atom stereocenters. The van der Waals surface area contributed by atoms with Crippen molar-refractivity contribution in [2.24, 2.45) is 0 Å². The van der Waals surface area contributed by atoms with Crippen LogP contribution in [0.4, 0.5) is 0 Å².